The highest BCUT2D eigenvalue weighted by atomic mass is 16.1. The minimum Gasteiger partial charge on any atom is -0.384 e. The summed E-state index contributed by atoms with van der Waals surface area (Å²) >= 11 is 0. The van der Waals surface area contributed by atoms with Crippen molar-refractivity contribution in [3.8, 4) is 0 Å². The van der Waals surface area contributed by atoms with E-state index < -0.39 is 0 Å². The quantitative estimate of drug-likeness (QED) is 0.875. The highest BCUT2D eigenvalue weighted by Gasteiger charge is 2.16. The third-order valence-corrected chi connectivity index (χ3v) is 5.07. The standard InChI is InChI=1S/C19H27N5O/c1-13-8-18(20)23-14(2)17(13)10-21-19(25)16-9-22-24(12-16)11-15-6-4-3-5-7-15/h8-9,12,15H,3-7,10-11H2,1-2H3,(H2,20,23)(H,21,25). The summed E-state index contributed by atoms with van der Waals surface area (Å²) in [5, 5.41) is 7.32. The molecular formula is C19H27N5O. The van der Waals surface area contributed by atoms with Crippen LogP contribution in [0.15, 0.2) is 18.5 Å². The number of hydrogen-bond donors (Lipinski definition) is 2. The van der Waals surface area contributed by atoms with Crippen LogP contribution in [-0.4, -0.2) is 20.7 Å². The number of amides is 1. The van der Waals surface area contributed by atoms with Crippen LogP contribution in [0, 0.1) is 19.8 Å². The molecule has 1 fully saturated rings. The molecule has 1 saturated carbocycles. The first kappa shape index (κ1) is 17.5. The van der Waals surface area contributed by atoms with Crippen LogP contribution in [0.5, 0.6) is 0 Å². The normalized spacial score (nSPS) is 15.3. The van der Waals surface area contributed by atoms with E-state index in [4.69, 9.17) is 5.73 Å². The number of nitrogens with two attached hydrogens (primary N) is 1. The van der Waals surface area contributed by atoms with E-state index in [1.807, 2.05) is 30.8 Å². The maximum atomic E-state index is 12.4. The Bertz CT molecular complexity index is 723. The van der Waals surface area contributed by atoms with Crippen LogP contribution in [0.3, 0.4) is 0 Å². The van der Waals surface area contributed by atoms with E-state index in [0.29, 0.717) is 23.8 Å². The third kappa shape index (κ3) is 4.38. The van der Waals surface area contributed by atoms with Crippen LogP contribution in [0.25, 0.3) is 0 Å². The summed E-state index contributed by atoms with van der Waals surface area (Å²) in [6.07, 6.45) is 10.0. The van der Waals surface area contributed by atoms with Gasteiger partial charge in [-0.1, -0.05) is 19.3 Å². The minimum absolute atomic E-state index is 0.106. The molecule has 0 spiro atoms. The van der Waals surface area contributed by atoms with E-state index in [0.717, 1.165) is 23.4 Å². The van der Waals surface area contributed by atoms with Crippen molar-refractivity contribution in [1.29, 1.82) is 0 Å². The molecule has 1 aliphatic carbocycles. The maximum Gasteiger partial charge on any atom is 0.254 e. The first-order chi connectivity index (χ1) is 12.0. The van der Waals surface area contributed by atoms with E-state index in [9.17, 15) is 4.79 Å². The number of carbonyl (C=O) groups excluding carboxylic acids is 1. The molecule has 3 N–H and O–H groups in total. The summed E-state index contributed by atoms with van der Waals surface area (Å²) in [7, 11) is 0. The summed E-state index contributed by atoms with van der Waals surface area (Å²) in [4.78, 5) is 16.7. The lowest BCUT2D eigenvalue weighted by Crippen LogP contribution is -2.23. The van der Waals surface area contributed by atoms with Crippen LogP contribution in [0.1, 0.15) is 59.3 Å². The monoisotopic (exact) mass is 341 g/mol. The summed E-state index contributed by atoms with van der Waals surface area (Å²) in [5.41, 5.74) is 9.26. The van der Waals surface area contributed by atoms with Gasteiger partial charge in [0.25, 0.3) is 5.91 Å². The van der Waals surface area contributed by atoms with Crippen molar-refractivity contribution in [3.05, 3.63) is 40.8 Å². The summed E-state index contributed by atoms with van der Waals surface area (Å²) in [6, 6.07) is 1.83. The predicted molar refractivity (Wildman–Crippen MR) is 98.1 cm³/mol. The van der Waals surface area contributed by atoms with Crippen molar-refractivity contribution in [2.45, 2.75) is 59.0 Å². The zero-order chi connectivity index (χ0) is 17.8. The summed E-state index contributed by atoms with van der Waals surface area (Å²) in [5.74, 6) is 1.09. The minimum atomic E-state index is -0.106. The van der Waals surface area contributed by atoms with Gasteiger partial charge in [-0.15, -0.1) is 0 Å². The largest absolute Gasteiger partial charge is 0.384 e. The topological polar surface area (TPSA) is 85.8 Å². The smallest absolute Gasteiger partial charge is 0.254 e. The molecule has 6 heteroatoms. The van der Waals surface area contributed by atoms with E-state index in [1.165, 1.54) is 32.1 Å². The van der Waals surface area contributed by atoms with E-state index in [2.05, 4.69) is 15.4 Å². The number of hydrogen-bond acceptors (Lipinski definition) is 4. The number of aryl methyl sites for hydroxylation is 2. The van der Waals surface area contributed by atoms with Gasteiger partial charge >= 0.3 is 0 Å². The Labute approximate surface area is 148 Å². The average molecular weight is 341 g/mol. The number of carbonyl (C=O) groups is 1. The lowest BCUT2D eigenvalue weighted by molar-refractivity contribution is 0.0950. The Balaban J connectivity index is 1.58. The van der Waals surface area contributed by atoms with Crippen LogP contribution in [0.2, 0.25) is 0 Å². The van der Waals surface area contributed by atoms with Gasteiger partial charge in [0.15, 0.2) is 0 Å². The molecule has 3 rings (SSSR count). The van der Waals surface area contributed by atoms with Crippen molar-refractivity contribution in [1.82, 2.24) is 20.1 Å². The lowest BCUT2D eigenvalue weighted by Gasteiger charge is -2.21. The highest BCUT2D eigenvalue weighted by Crippen LogP contribution is 2.24. The summed E-state index contributed by atoms with van der Waals surface area (Å²) < 4.78 is 1.91. The molecular weight excluding hydrogens is 314 g/mol. The fourth-order valence-electron chi connectivity index (χ4n) is 3.64. The van der Waals surface area contributed by atoms with Crippen LogP contribution in [0.4, 0.5) is 5.82 Å². The van der Waals surface area contributed by atoms with Crippen LogP contribution < -0.4 is 11.1 Å². The molecule has 1 aliphatic rings. The van der Waals surface area contributed by atoms with Crippen LogP contribution in [-0.2, 0) is 13.1 Å². The first-order valence-electron chi connectivity index (χ1n) is 9.06. The molecule has 0 saturated heterocycles. The molecule has 0 aromatic carbocycles. The maximum absolute atomic E-state index is 12.4. The molecule has 2 heterocycles. The van der Waals surface area contributed by atoms with E-state index >= 15 is 0 Å². The zero-order valence-electron chi connectivity index (χ0n) is 15.1. The third-order valence-electron chi connectivity index (χ3n) is 5.07. The van der Waals surface area contributed by atoms with Crippen molar-refractivity contribution >= 4 is 11.7 Å². The van der Waals surface area contributed by atoms with Gasteiger partial charge in [-0.2, -0.15) is 5.10 Å². The SMILES string of the molecule is Cc1cc(N)nc(C)c1CNC(=O)c1cnn(CC2CCCCC2)c1. The van der Waals surface area contributed by atoms with Crippen LogP contribution >= 0.6 is 0 Å². The van der Waals surface area contributed by atoms with E-state index in [1.54, 1.807) is 6.20 Å². The molecule has 25 heavy (non-hydrogen) atoms. The molecule has 0 radical (unpaired) electrons. The highest BCUT2D eigenvalue weighted by molar-refractivity contribution is 5.93. The molecule has 134 valence electrons. The van der Waals surface area contributed by atoms with Gasteiger partial charge in [-0.3, -0.25) is 9.48 Å². The van der Waals surface area contributed by atoms with Gasteiger partial charge in [0.05, 0.1) is 11.8 Å². The fourth-order valence-corrected chi connectivity index (χ4v) is 3.64. The Morgan fingerprint density at radius 1 is 1.32 bits per heavy atom. The number of rotatable bonds is 5. The lowest BCUT2D eigenvalue weighted by atomic mass is 9.89. The van der Waals surface area contributed by atoms with Crippen molar-refractivity contribution in [3.63, 3.8) is 0 Å². The molecule has 0 bridgehead atoms. The first-order valence-corrected chi connectivity index (χ1v) is 9.06. The van der Waals surface area contributed by atoms with Gasteiger partial charge in [-0.05, 0) is 49.8 Å². The number of anilines is 1. The van der Waals surface area contributed by atoms with Gasteiger partial charge in [0, 0.05) is 25.0 Å². The molecule has 1 amide bonds. The van der Waals surface area contributed by atoms with Gasteiger partial charge in [0.1, 0.15) is 5.82 Å². The number of nitrogen functional groups attached to an aromatic ring is 1. The van der Waals surface area contributed by atoms with Crippen molar-refractivity contribution in [2.75, 3.05) is 5.73 Å². The molecule has 0 unspecified atom stereocenters. The molecule has 6 nitrogen and oxygen atoms in total. The number of nitrogens with one attached hydrogen (secondary N) is 1. The molecule has 0 atom stereocenters. The fraction of sp³-hybridized carbons (Fsp3) is 0.526. The number of pyridine rings is 1. The molecule has 2 aromatic heterocycles. The van der Waals surface area contributed by atoms with Gasteiger partial charge < -0.3 is 11.1 Å². The second kappa shape index (κ2) is 7.68. The van der Waals surface area contributed by atoms with Gasteiger partial charge in [0.2, 0.25) is 0 Å². The second-order valence-electron chi connectivity index (χ2n) is 7.07. The Hall–Kier alpha value is -2.37. The average Bonchev–Trinajstić information content (AvgIpc) is 3.03. The van der Waals surface area contributed by atoms with E-state index in [-0.39, 0.29) is 5.91 Å². The Morgan fingerprint density at radius 2 is 2.08 bits per heavy atom. The van der Waals surface area contributed by atoms with Crippen molar-refractivity contribution in [2.24, 2.45) is 5.92 Å². The second-order valence-corrected chi connectivity index (χ2v) is 7.07. The summed E-state index contributed by atoms with van der Waals surface area (Å²) in [6.45, 7) is 5.24. The number of aromatic nitrogens is 3. The Morgan fingerprint density at radius 3 is 2.80 bits per heavy atom. The zero-order valence-corrected chi connectivity index (χ0v) is 15.1. The molecule has 0 aliphatic heterocycles. The number of nitrogens with zero attached hydrogens (tertiary/aromatic N) is 3. The predicted octanol–water partition coefficient (Wildman–Crippen LogP) is 2.99. The van der Waals surface area contributed by atoms with Crippen molar-refractivity contribution < 1.29 is 4.79 Å². The van der Waals surface area contributed by atoms with Gasteiger partial charge in [-0.25, -0.2) is 4.98 Å². The Kier molecular flexibility index (Phi) is 5.36. The molecule has 2 aromatic rings.